The summed E-state index contributed by atoms with van der Waals surface area (Å²) >= 11 is 0. The van der Waals surface area contributed by atoms with E-state index in [1.165, 1.54) is 29.9 Å². The molecule has 1 aromatic heterocycles. The molecule has 1 atom stereocenters. The van der Waals surface area contributed by atoms with E-state index in [-0.39, 0.29) is 47.6 Å². The SMILES string of the molecule is COc1cccc(-c2c(C)n(Cc3c(C)cccc3F)c(=O)n(C[C@@H](c3ccccc3)N(C)CCCC(=O)O)c2=O)c1F. The molecule has 1 heterocycles. The number of aliphatic carboxylic acids is 1. The summed E-state index contributed by atoms with van der Waals surface area (Å²) in [5.41, 5.74) is 0.447. The third-order valence-corrected chi connectivity index (χ3v) is 7.78. The maximum absolute atomic E-state index is 15.6. The summed E-state index contributed by atoms with van der Waals surface area (Å²) < 4.78 is 38.1. The van der Waals surface area contributed by atoms with Gasteiger partial charge >= 0.3 is 11.7 Å². The minimum Gasteiger partial charge on any atom is -0.494 e. The Morgan fingerprint density at radius 2 is 1.67 bits per heavy atom. The first-order valence-electron chi connectivity index (χ1n) is 13.9. The Hall–Kier alpha value is -4.57. The van der Waals surface area contributed by atoms with Crippen LogP contribution in [-0.4, -0.2) is 45.8 Å². The molecule has 4 rings (SSSR count). The van der Waals surface area contributed by atoms with Crippen LogP contribution in [0.3, 0.4) is 0 Å². The highest BCUT2D eigenvalue weighted by atomic mass is 19.1. The maximum atomic E-state index is 15.6. The van der Waals surface area contributed by atoms with E-state index in [1.807, 2.05) is 35.2 Å². The van der Waals surface area contributed by atoms with Crippen LogP contribution in [0, 0.1) is 25.5 Å². The summed E-state index contributed by atoms with van der Waals surface area (Å²) in [5.74, 6) is -2.24. The number of halogens is 2. The van der Waals surface area contributed by atoms with Crippen molar-refractivity contribution < 1.29 is 23.4 Å². The molecule has 43 heavy (non-hydrogen) atoms. The van der Waals surface area contributed by atoms with Gasteiger partial charge in [0.15, 0.2) is 11.6 Å². The predicted molar refractivity (Wildman–Crippen MR) is 161 cm³/mol. The van der Waals surface area contributed by atoms with Crippen molar-refractivity contribution >= 4 is 5.97 Å². The monoisotopic (exact) mass is 591 g/mol. The largest absolute Gasteiger partial charge is 0.494 e. The van der Waals surface area contributed by atoms with Crippen LogP contribution < -0.4 is 16.0 Å². The van der Waals surface area contributed by atoms with Crippen LogP contribution >= 0.6 is 0 Å². The summed E-state index contributed by atoms with van der Waals surface area (Å²) in [6.45, 7) is 3.37. The van der Waals surface area contributed by atoms with Gasteiger partial charge in [-0.25, -0.2) is 13.6 Å². The zero-order chi connectivity index (χ0) is 31.3. The Kier molecular flexibility index (Phi) is 9.92. The highest BCUT2D eigenvalue weighted by Crippen LogP contribution is 2.29. The van der Waals surface area contributed by atoms with Crippen LogP contribution in [0.25, 0.3) is 11.1 Å². The number of carboxylic acids is 1. The number of aryl methyl sites for hydroxylation is 1. The second-order valence-electron chi connectivity index (χ2n) is 10.5. The van der Waals surface area contributed by atoms with Crippen LogP contribution in [0.15, 0.2) is 76.3 Å². The van der Waals surface area contributed by atoms with Crippen molar-refractivity contribution in [2.24, 2.45) is 0 Å². The van der Waals surface area contributed by atoms with Crippen LogP contribution in [0.2, 0.25) is 0 Å². The Balaban J connectivity index is 1.95. The molecule has 0 unspecified atom stereocenters. The molecule has 3 aromatic carbocycles. The van der Waals surface area contributed by atoms with Gasteiger partial charge < -0.3 is 9.84 Å². The lowest BCUT2D eigenvalue weighted by Crippen LogP contribution is -2.45. The summed E-state index contributed by atoms with van der Waals surface area (Å²) in [6.07, 6.45) is 0.319. The second kappa shape index (κ2) is 13.6. The minimum absolute atomic E-state index is 0.0367. The minimum atomic E-state index is -0.921. The van der Waals surface area contributed by atoms with Crippen molar-refractivity contribution in [1.82, 2.24) is 14.0 Å². The molecule has 0 aliphatic carbocycles. The van der Waals surface area contributed by atoms with E-state index in [0.29, 0.717) is 18.5 Å². The van der Waals surface area contributed by atoms with E-state index < -0.39 is 34.9 Å². The number of hydrogen-bond donors (Lipinski definition) is 1. The first-order valence-corrected chi connectivity index (χ1v) is 13.9. The maximum Gasteiger partial charge on any atom is 0.331 e. The summed E-state index contributed by atoms with van der Waals surface area (Å²) in [4.78, 5) is 41.3. The van der Waals surface area contributed by atoms with Crippen molar-refractivity contribution in [2.75, 3.05) is 20.7 Å². The van der Waals surface area contributed by atoms with Crippen LogP contribution in [0.1, 0.15) is 41.3 Å². The number of nitrogens with zero attached hydrogens (tertiary/aromatic N) is 3. The lowest BCUT2D eigenvalue weighted by Gasteiger charge is -2.29. The van der Waals surface area contributed by atoms with Crippen LogP contribution in [0.5, 0.6) is 5.75 Å². The van der Waals surface area contributed by atoms with Gasteiger partial charge in [-0.1, -0.05) is 54.6 Å². The fraction of sp³-hybridized carbons (Fsp3) is 0.303. The second-order valence-corrected chi connectivity index (χ2v) is 10.5. The van der Waals surface area contributed by atoms with Crippen molar-refractivity contribution in [1.29, 1.82) is 0 Å². The average molecular weight is 592 g/mol. The molecule has 0 amide bonds. The number of ether oxygens (including phenoxy) is 1. The predicted octanol–water partition coefficient (Wildman–Crippen LogP) is 5.17. The molecule has 8 nitrogen and oxygen atoms in total. The summed E-state index contributed by atoms with van der Waals surface area (Å²) in [5, 5.41) is 9.13. The quantitative estimate of drug-likeness (QED) is 0.245. The van der Waals surface area contributed by atoms with Gasteiger partial charge in [-0.2, -0.15) is 0 Å². The first kappa shape index (κ1) is 31.4. The Morgan fingerprint density at radius 3 is 2.33 bits per heavy atom. The number of methoxy groups -OCH3 is 1. The molecular formula is C33H35F2N3O5. The zero-order valence-corrected chi connectivity index (χ0v) is 24.6. The molecule has 0 spiro atoms. The van der Waals surface area contributed by atoms with E-state index in [9.17, 15) is 18.8 Å². The summed E-state index contributed by atoms with van der Waals surface area (Å²) in [7, 11) is 3.11. The molecule has 0 fully saturated rings. The molecule has 0 bridgehead atoms. The van der Waals surface area contributed by atoms with Crippen molar-refractivity contribution in [3.05, 3.63) is 122 Å². The molecule has 0 aliphatic rings. The fourth-order valence-corrected chi connectivity index (χ4v) is 5.33. The van der Waals surface area contributed by atoms with E-state index >= 15 is 4.39 Å². The standard InChI is InChI=1S/C33H35F2N3O5/c1-21-11-8-15-26(34)25(21)19-37-22(2)30(24-14-9-16-28(43-4)31(24)35)32(41)38(33(37)42)20-27(23-12-6-5-7-13-23)36(3)18-10-17-29(39)40/h5-9,11-16,27H,10,17-20H2,1-4H3,(H,39,40)/t27-/m0/s1. The summed E-state index contributed by atoms with van der Waals surface area (Å²) in [6, 6.07) is 17.8. The van der Waals surface area contributed by atoms with Gasteiger partial charge in [0.05, 0.1) is 31.8 Å². The van der Waals surface area contributed by atoms with Gasteiger partial charge in [-0.15, -0.1) is 0 Å². The Labute approximate surface area is 248 Å². The topological polar surface area (TPSA) is 93.8 Å². The number of benzene rings is 3. The molecule has 0 saturated carbocycles. The smallest absolute Gasteiger partial charge is 0.331 e. The number of carboxylic acid groups (broad SMARTS) is 1. The van der Waals surface area contributed by atoms with Crippen molar-refractivity contribution in [3.63, 3.8) is 0 Å². The lowest BCUT2D eigenvalue weighted by atomic mass is 10.0. The van der Waals surface area contributed by atoms with Gasteiger partial charge in [0.2, 0.25) is 0 Å². The average Bonchev–Trinajstić information content (AvgIpc) is 2.97. The molecule has 4 aromatic rings. The van der Waals surface area contributed by atoms with E-state index in [1.54, 1.807) is 39.1 Å². The van der Waals surface area contributed by atoms with E-state index in [0.717, 1.165) is 10.1 Å². The molecule has 226 valence electrons. The Bertz CT molecular complexity index is 1710. The van der Waals surface area contributed by atoms with Gasteiger partial charge in [0, 0.05) is 23.2 Å². The van der Waals surface area contributed by atoms with Gasteiger partial charge in [-0.3, -0.25) is 23.6 Å². The number of hydrogen-bond acceptors (Lipinski definition) is 5. The normalized spacial score (nSPS) is 12.0. The van der Waals surface area contributed by atoms with Gasteiger partial charge in [0.1, 0.15) is 5.82 Å². The number of rotatable bonds is 12. The molecular weight excluding hydrogens is 556 g/mol. The molecule has 10 heteroatoms. The zero-order valence-electron chi connectivity index (χ0n) is 24.6. The first-order chi connectivity index (χ1) is 20.5. The lowest BCUT2D eigenvalue weighted by molar-refractivity contribution is -0.137. The number of aromatic nitrogens is 2. The van der Waals surface area contributed by atoms with Crippen molar-refractivity contribution in [2.45, 2.75) is 45.8 Å². The van der Waals surface area contributed by atoms with Crippen molar-refractivity contribution in [3.8, 4) is 16.9 Å². The van der Waals surface area contributed by atoms with Gasteiger partial charge in [-0.05, 0) is 57.1 Å². The highest BCUT2D eigenvalue weighted by molar-refractivity contribution is 5.68. The third-order valence-electron chi connectivity index (χ3n) is 7.78. The fourth-order valence-electron chi connectivity index (χ4n) is 5.33. The van der Waals surface area contributed by atoms with Gasteiger partial charge in [0.25, 0.3) is 5.56 Å². The van der Waals surface area contributed by atoms with E-state index in [2.05, 4.69) is 0 Å². The third kappa shape index (κ3) is 6.75. The molecule has 0 saturated heterocycles. The number of carbonyl (C=O) groups is 1. The highest BCUT2D eigenvalue weighted by Gasteiger charge is 2.26. The Morgan fingerprint density at radius 1 is 0.977 bits per heavy atom. The molecule has 0 radical (unpaired) electrons. The van der Waals surface area contributed by atoms with Crippen LogP contribution in [-0.2, 0) is 17.9 Å². The van der Waals surface area contributed by atoms with Crippen LogP contribution in [0.4, 0.5) is 8.78 Å². The number of likely N-dealkylation sites (N-methyl/N-ethyl adjacent to an activating group) is 1. The molecule has 1 N–H and O–H groups in total. The molecule has 0 aliphatic heterocycles. The van der Waals surface area contributed by atoms with E-state index in [4.69, 9.17) is 9.84 Å².